The highest BCUT2D eigenvalue weighted by molar-refractivity contribution is 5.06. The van der Waals surface area contributed by atoms with E-state index in [0.29, 0.717) is 0 Å². The van der Waals surface area contributed by atoms with Gasteiger partial charge < -0.3 is 0 Å². The molecule has 11 heavy (non-hydrogen) atoms. The lowest BCUT2D eigenvalue weighted by molar-refractivity contribution is 0.543. The fourth-order valence-corrected chi connectivity index (χ4v) is 0.630. The van der Waals surface area contributed by atoms with E-state index in [1.807, 2.05) is 0 Å². The molecule has 0 fully saturated rings. The Hall–Kier alpha value is -0.920. The van der Waals surface area contributed by atoms with Crippen LogP contribution in [0.25, 0.3) is 0 Å². The van der Waals surface area contributed by atoms with Crippen LogP contribution in [0.1, 0.15) is 44.4 Å². The average Bonchev–Trinajstić information content (AvgIpc) is 2.10. The number of hydrogen-bond donors (Lipinski definition) is 0. The summed E-state index contributed by atoms with van der Waals surface area (Å²) in [5.41, 5.74) is -2.84. The molecular weight excluding hydrogens is 136 g/mol. The SMILES string of the molecule is [2H]C([2H])([2H])C(c1nccc(C)n1)(C([2H])([2H])[2H])C([2H])([2H])[2H]. The molecule has 1 rings (SSSR count). The van der Waals surface area contributed by atoms with Crippen LogP contribution in [0.5, 0.6) is 0 Å². The third kappa shape index (κ3) is 2.00. The number of rotatable bonds is 0. The largest absolute Gasteiger partial charge is 0.241 e. The maximum atomic E-state index is 7.49. The van der Waals surface area contributed by atoms with Crippen LogP contribution in [-0.4, -0.2) is 9.97 Å². The lowest BCUT2D eigenvalue weighted by Crippen LogP contribution is -2.15. The average molecular weight is 159 g/mol. The lowest BCUT2D eigenvalue weighted by atomic mass is 9.96. The Kier molecular flexibility index (Phi) is 0.541. The zero-order chi connectivity index (χ0) is 16.0. The molecule has 0 N–H and O–H groups in total. The van der Waals surface area contributed by atoms with Crippen LogP contribution in [-0.2, 0) is 5.41 Å². The summed E-state index contributed by atoms with van der Waals surface area (Å²) in [6, 6.07) is 1.42. The van der Waals surface area contributed by atoms with E-state index < -0.39 is 31.8 Å². The highest BCUT2D eigenvalue weighted by atomic mass is 14.9. The van der Waals surface area contributed by atoms with Gasteiger partial charge in [0.1, 0.15) is 5.82 Å². The van der Waals surface area contributed by atoms with E-state index in [1.54, 1.807) is 0 Å². The zero-order valence-corrected chi connectivity index (χ0v) is 6.05. The number of hydrogen-bond acceptors (Lipinski definition) is 2. The maximum absolute atomic E-state index is 7.49. The van der Waals surface area contributed by atoms with Gasteiger partial charge in [-0.25, -0.2) is 9.97 Å². The first kappa shape index (κ1) is 2.28. The third-order valence-electron chi connectivity index (χ3n) is 1.13. The molecule has 0 atom stereocenters. The van der Waals surface area contributed by atoms with Gasteiger partial charge in [0.2, 0.25) is 0 Å². The molecule has 0 spiro atoms. The highest BCUT2D eigenvalue weighted by Gasteiger charge is 2.16. The molecule has 0 aliphatic rings. The predicted octanol–water partition coefficient (Wildman–Crippen LogP) is 2.08. The quantitative estimate of drug-likeness (QED) is 0.579. The van der Waals surface area contributed by atoms with Crippen LogP contribution in [0.15, 0.2) is 12.3 Å². The first-order chi connectivity index (χ1) is 8.75. The monoisotopic (exact) mass is 159 g/mol. The van der Waals surface area contributed by atoms with E-state index in [0.717, 1.165) is 6.20 Å². The normalized spacial score (nSPS) is 27.2. The van der Waals surface area contributed by atoms with Crippen molar-refractivity contribution in [2.24, 2.45) is 0 Å². The first-order valence-electron chi connectivity index (χ1n) is 7.55. The summed E-state index contributed by atoms with van der Waals surface area (Å²) in [4.78, 5) is 7.37. The van der Waals surface area contributed by atoms with Crippen molar-refractivity contribution < 1.29 is 12.3 Å². The standard InChI is InChI=1S/C9H14N2/c1-7-5-6-10-8(11-7)9(2,3)4/h5-6H,1-4H3/i2D3,3D3,4D3. The van der Waals surface area contributed by atoms with E-state index in [2.05, 4.69) is 9.97 Å². The fourth-order valence-electron chi connectivity index (χ4n) is 0.630. The van der Waals surface area contributed by atoms with Crippen LogP contribution in [0.2, 0.25) is 0 Å². The van der Waals surface area contributed by atoms with Crippen LogP contribution < -0.4 is 0 Å². The molecule has 0 aromatic carbocycles. The van der Waals surface area contributed by atoms with Crippen molar-refractivity contribution in [3.8, 4) is 0 Å². The Labute approximate surface area is 80.3 Å². The molecule has 0 aliphatic carbocycles. The molecule has 0 saturated heterocycles. The highest BCUT2D eigenvalue weighted by Crippen LogP contribution is 2.16. The summed E-state index contributed by atoms with van der Waals surface area (Å²) in [6.45, 7) is -8.47. The van der Waals surface area contributed by atoms with Crippen LogP contribution >= 0.6 is 0 Å². The molecule has 1 heterocycles. The van der Waals surface area contributed by atoms with Gasteiger partial charge in [0.25, 0.3) is 0 Å². The maximum Gasteiger partial charge on any atom is 0.133 e. The van der Waals surface area contributed by atoms with Crippen molar-refractivity contribution in [1.82, 2.24) is 9.97 Å². The third-order valence-corrected chi connectivity index (χ3v) is 1.13. The summed E-state index contributed by atoms with van der Waals surface area (Å²) < 4.78 is 67.4. The molecule has 0 aliphatic heterocycles. The lowest BCUT2D eigenvalue weighted by Gasteiger charge is -2.15. The smallest absolute Gasteiger partial charge is 0.133 e. The minimum Gasteiger partial charge on any atom is -0.241 e. The topological polar surface area (TPSA) is 25.8 Å². The van der Waals surface area contributed by atoms with Gasteiger partial charge in [-0.05, 0) is 13.0 Å². The van der Waals surface area contributed by atoms with Gasteiger partial charge >= 0.3 is 0 Å². The van der Waals surface area contributed by atoms with Crippen molar-refractivity contribution in [1.29, 1.82) is 0 Å². The predicted molar refractivity (Wildman–Crippen MR) is 45.5 cm³/mol. The van der Waals surface area contributed by atoms with Crippen molar-refractivity contribution in [2.75, 3.05) is 0 Å². The number of nitrogens with zero attached hydrogens (tertiary/aromatic N) is 2. The van der Waals surface area contributed by atoms with E-state index in [1.165, 1.54) is 13.0 Å². The molecule has 1 aromatic heterocycles. The zero-order valence-electron chi connectivity index (χ0n) is 15.0. The Balaban J connectivity index is 3.82. The second-order valence-electron chi connectivity index (χ2n) is 2.27. The fraction of sp³-hybridized carbons (Fsp3) is 0.556. The Bertz CT molecular complexity index is 449. The van der Waals surface area contributed by atoms with Crippen molar-refractivity contribution in [3.63, 3.8) is 0 Å². The van der Waals surface area contributed by atoms with Crippen molar-refractivity contribution in [2.45, 2.75) is 32.9 Å². The van der Waals surface area contributed by atoms with Crippen LogP contribution in [0, 0.1) is 6.92 Å². The van der Waals surface area contributed by atoms with E-state index in [-0.39, 0.29) is 5.69 Å². The molecule has 2 heteroatoms. The van der Waals surface area contributed by atoms with Gasteiger partial charge in [-0.3, -0.25) is 0 Å². The molecule has 0 bridgehead atoms. The molecule has 0 amide bonds. The minimum atomic E-state index is -3.32. The van der Waals surface area contributed by atoms with Gasteiger partial charge in [0.05, 0.1) is 0 Å². The van der Waals surface area contributed by atoms with Crippen LogP contribution in [0.3, 0.4) is 0 Å². The Morgan fingerprint density at radius 1 is 1.45 bits per heavy atom. The molecule has 2 nitrogen and oxygen atoms in total. The number of aryl methyl sites for hydroxylation is 1. The molecule has 0 radical (unpaired) electrons. The van der Waals surface area contributed by atoms with Gasteiger partial charge in [-0.2, -0.15) is 0 Å². The summed E-state index contributed by atoms with van der Waals surface area (Å²) in [5, 5.41) is 0. The van der Waals surface area contributed by atoms with Gasteiger partial charge in [0.15, 0.2) is 0 Å². The molecule has 60 valence electrons. The summed E-state index contributed by atoms with van der Waals surface area (Å²) >= 11 is 0. The van der Waals surface area contributed by atoms with Crippen molar-refractivity contribution >= 4 is 0 Å². The van der Waals surface area contributed by atoms with E-state index in [4.69, 9.17) is 12.3 Å². The van der Waals surface area contributed by atoms with Crippen LogP contribution in [0.4, 0.5) is 0 Å². The summed E-state index contributed by atoms with van der Waals surface area (Å²) in [7, 11) is 0. The number of aromatic nitrogens is 2. The van der Waals surface area contributed by atoms with Gasteiger partial charge in [-0.1, -0.05) is 20.6 Å². The second kappa shape index (κ2) is 2.61. The van der Waals surface area contributed by atoms with E-state index in [9.17, 15) is 0 Å². The second-order valence-corrected chi connectivity index (χ2v) is 2.27. The first-order valence-corrected chi connectivity index (χ1v) is 3.05. The van der Waals surface area contributed by atoms with Gasteiger partial charge in [-0.15, -0.1) is 0 Å². The molecule has 0 saturated carbocycles. The van der Waals surface area contributed by atoms with E-state index >= 15 is 0 Å². The molecule has 1 aromatic rings. The van der Waals surface area contributed by atoms with Gasteiger partial charge in [0, 0.05) is 29.6 Å². The Morgan fingerprint density at radius 3 is 2.73 bits per heavy atom. The summed E-state index contributed by atoms with van der Waals surface area (Å²) in [5.74, 6) is -0.711. The molecular formula is C9H14N2. The minimum absolute atomic E-state index is 0.289. The molecule has 0 unspecified atom stereocenters. The Morgan fingerprint density at radius 2 is 2.18 bits per heavy atom. The summed E-state index contributed by atoms with van der Waals surface area (Å²) in [6.07, 6.45) is 1.15. The van der Waals surface area contributed by atoms with Crippen molar-refractivity contribution in [3.05, 3.63) is 23.8 Å².